The van der Waals surface area contributed by atoms with Gasteiger partial charge >= 0.3 is 0 Å². The monoisotopic (exact) mass is 320 g/mol. The van der Waals surface area contributed by atoms with Crippen LogP contribution in [0.2, 0.25) is 0 Å². The SMILES string of the molecule is CCCNC(C)C1CCCN(S(=O)(=O)CCOC(C)C)C1. The molecule has 2 atom stereocenters. The molecule has 1 saturated heterocycles. The standard InChI is InChI=1S/C15H32N2O3S/c1-5-8-16-14(4)15-7-6-9-17(12-15)21(18,19)11-10-20-13(2)3/h13-16H,5-12H2,1-4H3. The highest BCUT2D eigenvalue weighted by atomic mass is 32.2. The lowest BCUT2D eigenvalue weighted by atomic mass is 9.93. The zero-order chi connectivity index (χ0) is 15.9. The van der Waals surface area contributed by atoms with Crippen LogP contribution >= 0.6 is 0 Å². The predicted molar refractivity (Wildman–Crippen MR) is 86.9 cm³/mol. The van der Waals surface area contributed by atoms with E-state index in [1.54, 1.807) is 4.31 Å². The maximum atomic E-state index is 12.4. The van der Waals surface area contributed by atoms with Crippen molar-refractivity contribution in [3.63, 3.8) is 0 Å². The van der Waals surface area contributed by atoms with E-state index >= 15 is 0 Å². The van der Waals surface area contributed by atoms with Gasteiger partial charge in [0.25, 0.3) is 0 Å². The van der Waals surface area contributed by atoms with E-state index in [1.165, 1.54) is 0 Å². The van der Waals surface area contributed by atoms with Gasteiger partial charge in [-0.05, 0) is 52.5 Å². The Morgan fingerprint density at radius 1 is 1.33 bits per heavy atom. The van der Waals surface area contributed by atoms with Gasteiger partial charge in [-0.25, -0.2) is 12.7 Å². The Balaban J connectivity index is 2.50. The number of rotatable bonds is 9. The zero-order valence-corrected chi connectivity index (χ0v) is 14.8. The lowest BCUT2D eigenvalue weighted by Gasteiger charge is -2.35. The van der Waals surface area contributed by atoms with Gasteiger partial charge in [-0.1, -0.05) is 6.92 Å². The molecule has 5 nitrogen and oxygen atoms in total. The first-order chi connectivity index (χ1) is 9.86. The minimum Gasteiger partial charge on any atom is -0.378 e. The molecule has 1 N–H and O–H groups in total. The predicted octanol–water partition coefficient (Wildman–Crippen LogP) is 1.84. The van der Waals surface area contributed by atoms with Crippen molar-refractivity contribution in [3.8, 4) is 0 Å². The summed E-state index contributed by atoms with van der Waals surface area (Å²) < 4.78 is 31.8. The van der Waals surface area contributed by atoms with Gasteiger partial charge in [0, 0.05) is 19.1 Å². The highest BCUT2D eigenvalue weighted by Gasteiger charge is 2.30. The Morgan fingerprint density at radius 2 is 2.05 bits per heavy atom. The fraction of sp³-hybridized carbons (Fsp3) is 1.00. The van der Waals surface area contributed by atoms with E-state index in [4.69, 9.17) is 4.74 Å². The van der Waals surface area contributed by atoms with Crippen molar-refractivity contribution in [2.24, 2.45) is 5.92 Å². The second-order valence-corrected chi connectivity index (χ2v) is 8.33. The molecular weight excluding hydrogens is 288 g/mol. The summed E-state index contributed by atoms with van der Waals surface area (Å²) in [4.78, 5) is 0. The number of hydrogen-bond donors (Lipinski definition) is 1. The molecule has 126 valence electrons. The summed E-state index contributed by atoms with van der Waals surface area (Å²) in [6.45, 7) is 10.7. The summed E-state index contributed by atoms with van der Waals surface area (Å²) >= 11 is 0. The number of nitrogens with zero attached hydrogens (tertiary/aromatic N) is 1. The molecule has 0 bridgehead atoms. The molecular formula is C15H32N2O3S. The van der Waals surface area contributed by atoms with E-state index < -0.39 is 10.0 Å². The summed E-state index contributed by atoms with van der Waals surface area (Å²) in [5, 5.41) is 3.49. The molecule has 0 saturated carbocycles. The maximum Gasteiger partial charge on any atom is 0.216 e. The van der Waals surface area contributed by atoms with Gasteiger partial charge in [0.05, 0.1) is 18.5 Å². The molecule has 1 heterocycles. The first-order valence-corrected chi connectivity index (χ1v) is 9.80. The van der Waals surface area contributed by atoms with E-state index in [0.717, 1.165) is 25.8 Å². The summed E-state index contributed by atoms with van der Waals surface area (Å²) in [7, 11) is -3.19. The Morgan fingerprint density at radius 3 is 2.67 bits per heavy atom. The van der Waals surface area contributed by atoms with Crippen LogP contribution in [-0.2, 0) is 14.8 Å². The van der Waals surface area contributed by atoms with E-state index in [0.29, 0.717) is 25.0 Å². The third kappa shape index (κ3) is 6.63. The van der Waals surface area contributed by atoms with Crippen molar-refractivity contribution in [3.05, 3.63) is 0 Å². The summed E-state index contributed by atoms with van der Waals surface area (Å²) in [5.41, 5.74) is 0. The molecule has 21 heavy (non-hydrogen) atoms. The zero-order valence-electron chi connectivity index (χ0n) is 14.0. The van der Waals surface area contributed by atoms with Gasteiger partial charge in [-0.15, -0.1) is 0 Å². The molecule has 0 aromatic rings. The Bertz CT molecular complexity index is 384. The van der Waals surface area contributed by atoms with Crippen LogP contribution in [0.15, 0.2) is 0 Å². The van der Waals surface area contributed by atoms with Crippen molar-refractivity contribution in [2.45, 2.75) is 59.1 Å². The lowest BCUT2D eigenvalue weighted by Crippen LogP contribution is -2.47. The topological polar surface area (TPSA) is 58.6 Å². The Labute approximate surface area is 130 Å². The van der Waals surface area contributed by atoms with Crippen LogP contribution in [0.5, 0.6) is 0 Å². The van der Waals surface area contributed by atoms with Crippen LogP contribution in [0.25, 0.3) is 0 Å². The van der Waals surface area contributed by atoms with Crippen molar-refractivity contribution in [1.29, 1.82) is 0 Å². The van der Waals surface area contributed by atoms with Crippen LogP contribution in [0.4, 0.5) is 0 Å². The first kappa shape index (κ1) is 18.9. The Hall–Kier alpha value is -0.170. The fourth-order valence-corrected chi connectivity index (χ4v) is 4.08. The number of hydrogen-bond acceptors (Lipinski definition) is 4. The minimum atomic E-state index is -3.19. The van der Waals surface area contributed by atoms with Crippen LogP contribution in [0, 0.1) is 5.92 Å². The minimum absolute atomic E-state index is 0.0765. The van der Waals surface area contributed by atoms with E-state index in [-0.39, 0.29) is 18.5 Å². The van der Waals surface area contributed by atoms with Crippen molar-refractivity contribution in [1.82, 2.24) is 9.62 Å². The number of ether oxygens (including phenoxy) is 1. The molecule has 6 heteroatoms. The van der Waals surface area contributed by atoms with Gasteiger partial charge < -0.3 is 10.1 Å². The maximum absolute atomic E-state index is 12.4. The molecule has 0 spiro atoms. The molecule has 0 amide bonds. The highest BCUT2D eigenvalue weighted by Crippen LogP contribution is 2.22. The molecule has 0 aliphatic carbocycles. The van der Waals surface area contributed by atoms with Crippen LogP contribution < -0.4 is 5.32 Å². The average Bonchev–Trinajstić information content (AvgIpc) is 2.44. The molecule has 1 fully saturated rings. The molecule has 0 aromatic carbocycles. The molecule has 0 radical (unpaired) electrons. The third-order valence-corrected chi connectivity index (χ3v) is 5.83. The van der Waals surface area contributed by atoms with Crippen LogP contribution in [-0.4, -0.2) is 56.9 Å². The van der Waals surface area contributed by atoms with Gasteiger partial charge in [-0.3, -0.25) is 0 Å². The largest absolute Gasteiger partial charge is 0.378 e. The van der Waals surface area contributed by atoms with Crippen LogP contribution in [0.1, 0.15) is 47.0 Å². The van der Waals surface area contributed by atoms with Crippen molar-refractivity contribution in [2.75, 3.05) is 32.0 Å². The third-order valence-electron chi connectivity index (χ3n) is 4.03. The number of nitrogens with one attached hydrogen (secondary N) is 1. The summed E-state index contributed by atoms with van der Waals surface area (Å²) in [6.07, 6.45) is 3.23. The van der Waals surface area contributed by atoms with Gasteiger partial charge in [0.15, 0.2) is 0 Å². The van der Waals surface area contributed by atoms with E-state index in [2.05, 4.69) is 19.2 Å². The molecule has 0 aromatic heterocycles. The highest BCUT2D eigenvalue weighted by molar-refractivity contribution is 7.89. The van der Waals surface area contributed by atoms with Crippen LogP contribution in [0.3, 0.4) is 0 Å². The summed E-state index contributed by atoms with van der Waals surface area (Å²) in [5.74, 6) is 0.500. The molecule has 1 aliphatic heterocycles. The van der Waals surface area contributed by atoms with Crippen molar-refractivity contribution >= 4 is 10.0 Å². The smallest absolute Gasteiger partial charge is 0.216 e. The molecule has 2 unspecified atom stereocenters. The van der Waals surface area contributed by atoms with Crippen molar-refractivity contribution < 1.29 is 13.2 Å². The van der Waals surface area contributed by atoms with Gasteiger partial charge in [0.1, 0.15) is 0 Å². The van der Waals surface area contributed by atoms with E-state index in [1.807, 2.05) is 13.8 Å². The second-order valence-electron chi connectivity index (χ2n) is 6.24. The van der Waals surface area contributed by atoms with Gasteiger partial charge in [0.2, 0.25) is 10.0 Å². The summed E-state index contributed by atoms with van der Waals surface area (Å²) in [6, 6.07) is 0.370. The average molecular weight is 320 g/mol. The number of sulfonamides is 1. The Kier molecular flexibility index (Phi) is 8.16. The van der Waals surface area contributed by atoms with E-state index in [9.17, 15) is 8.42 Å². The fourth-order valence-electron chi connectivity index (χ4n) is 2.69. The lowest BCUT2D eigenvalue weighted by molar-refractivity contribution is 0.0903. The quantitative estimate of drug-likeness (QED) is 0.704. The first-order valence-electron chi connectivity index (χ1n) is 8.19. The van der Waals surface area contributed by atoms with Gasteiger partial charge in [-0.2, -0.15) is 0 Å². The molecule has 1 rings (SSSR count). The number of piperidine rings is 1. The second kappa shape index (κ2) is 9.08. The normalized spacial score (nSPS) is 22.6. The molecule has 1 aliphatic rings.